The topological polar surface area (TPSA) is 37.4 Å². The Bertz CT molecular complexity index is 779. The van der Waals surface area contributed by atoms with Crippen molar-refractivity contribution in [2.75, 3.05) is 18.8 Å². The Morgan fingerprint density at radius 3 is 2.38 bits per heavy atom. The Labute approximate surface area is 145 Å². The molecule has 1 saturated heterocycles. The molecule has 3 rings (SSSR count). The van der Waals surface area contributed by atoms with Gasteiger partial charge in [-0.05, 0) is 50.9 Å². The molecule has 0 amide bonds. The van der Waals surface area contributed by atoms with E-state index in [0.717, 1.165) is 19.4 Å². The smallest absolute Gasteiger partial charge is 0.179 e. The van der Waals surface area contributed by atoms with E-state index in [1.165, 1.54) is 16.7 Å². The second-order valence-corrected chi connectivity index (χ2v) is 8.86. The molecule has 2 aromatic carbocycles. The lowest BCUT2D eigenvalue weighted by Gasteiger charge is -2.25. The zero-order chi connectivity index (χ0) is 17.2. The van der Waals surface area contributed by atoms with Crippen LogP contribution in [0.5, 0.6) is 0 Å². The highest BCUT2D eigenvalue weighted by Crippen LogP contribution is 2.32. The maximum atomic E-state index is 12.5. The third-order valence-corrected chi connectivity index (χ3v) is 6.45. The van der Waals surface area contributed by atoms with E-state index in [0.29, 0.717) is 17.5 Å². The first kappa shape index (κ1) is 17.2. The Kier molecular flexibility index (Phi) is 5.07. The van der Waals surface area contributed by atoms with Crippen molar-refractivity contribution in [3.05, 3.63) is 65.2 Å². The minimum atomic E-state index is -3.21. The summed E-state index contributed by atoms with van der Waals surface area (Å²) in [5.41, 5.74) is 3.87. The number of benzene rings is 2. The van der Waals surface area contributed by atoms with Crippen LogP contribution in [0.1, 0.15) is 35.6 Å². The second-order valence-electron chi connectivity index (χ2n) is 6.75. The Morgan fingerprint density at radius 2 is 1.71 bits per heavy atom. The largest absolute Gasteiger partial charge is 0.295 e. The van der Waals surface area contributed by atoms with Crippen LogP contribution in [0.15, 0.2) is 53.4 Å². The molecule has 128 valence electrons. The molecule has 1 heterocycles. The van der Waals surface area contributed by atoms with Gasteiger partial charge in [0, 0.05) is 12.6 Å². The number of likely N-dealkylation sites (tertiary alicyclic amines) is 1. The van der Waals surface area contributed by atoms with Gasteiger partial charge in [0.15, 0.2) is 9.84 Å². The van der Waals surface area contributed by atoms with E-state index in [1.54, 1.807) is 24.3 Å². The fourth-order valence-electron chi connectivity index (χ4n) is 3.66. The third-order valence-electron chi connectivity index (χ3n) is 4.74. The summed E-state index contributed by atoms with van der Waals surface area (Å²) in [5, 5.41) is 0. The highest BCUT2D eigenvalue weighted by Gasteiger charge is 2.27. The lowest BCUT2D eigenvalue weighted by molar-refractivity contribution is 0.272. The standard InChI is InChI=1S/C20H25NO2S/c1-16-13-17(2)15-18(14-16)20-9-6-10-21(20)11-12-24(22,23)19-7-4-3-5-8-19/h3-5,7-8,13-15,20H,6,9-12H2,1-2H3. The highest BCUT2D eigenvalue weighted by molar-refractivity contribution is 7.91. The van der Waals surface area contributed by atoms with E-state index in [9.17, 15) is 8.42 Å². The van der Waals surface area contributed by atoms with Crippen molar-refractivity contribution in [1.82, 2.24) is 4.90 Å². The molecule has 2 aromatic rings. The van der Waals surface area contributed by atoms with Crippen molar-refractivity contribution in [2.24, 2.45) is 0 Å². The van der Waals surface area contributed by atoms with Gasteiger partial charge in [0.2, 0.25) is 0 Å². The van der Waals surface area contributed by atoms with Crippen LogP contribution in [0.4, 0.5) is 0 Å². The van der Waals surface area contributed by atoms with Crippen molar-refractivity contribution >= 4 is 9.84 Å². The Hall–Kier alpha value is -1.65. The molecule has 24 heavy (non-hydrogen) atoms. The first-order valence-electron chi connectivity index (χ1n) is 8.56. The van der Waals surface area contributed by atoms with Crippen LogP contribution in [0.2, 0.25) is 0 Å². The van der Waals surface area contributed by atoms with Gasteiger partial charge in [-0.15, -0.1) is 0 Å². The van der Waals surface area contributed by atoms with E-state index in [4.69, 9.17) is 0 Å². The summed E-state index contributed by atoms with van der Waals surface area (Å²) in [5.74, 6) is 0.179. The monoisotopic (exact) mass is 343 g/mol. The summed E-state index contributed by atoms with van der Waals surface area (Å²) < 4.78 is 25.0. The molecule has 0 aromatic heterocycles. The summed E-state index contributed by atoms with van der Waals surface area (Å²) in [6.45, 7) is 5.81. The predicted octanol–water partition coefficient (Wildman–Crippen LogP) is 3.91. The van der Waals surface area contributed by atoms with Crippen molar-refractivity contribution in [2.45, 2.75) is 37.6 Å². The van der Waals surface area contributed by atoms with E-state index in [2.05, 4.69) is 36.9 Å². The summed E-state index contributed by atoms with van der Waals surface area (Å²) in [6.07, 6.45) is 2.23. The van der Waals surface area contributed by atoms with Crippen molar-refractivity contribution in [3.63, 3.8) is 0 Å². The molecule has 0 spiro atoms. The number of hydrogen-bond donors (Lipinski definition) is 0. The van der Waals surface area contributed by atoms with Gasteiger partial charge < -0.3 is 0 Å². The molecular weight excluding hydrogens is 318 g/mol. The highest BCUT2D eigenvalue weighted by atomic mass is 32.2. The first-order chi connectivity index (χ1) is 11.5. The van der Waals surface area contributed by atoms with E-state index >= 15 is 0 Å². The molecule has 1 fully saturated rings. The minimum absolute atomic E-state index is 0.179. The molecule has 1 atom stereocenters. The summed E-state index contributed by atoms with van der Waals surface area (Å²) >= 11 is 0. The first-order valence-corrected chi connectivity index (χ1v) is 10.2. The lowest BCUT2D eigenvalue weighted by atomic mass is 10.00. The maximum Gasteiger partial charge on any atom is 0.179 e. The zero-order valence-corrected chi connectivity index (χ0v) is 15.2. The molecule has 0 bridgehead atoms. The zero-order valence-electron chi connectivity index (χ0n) is 14.4. The molecule has 1 aliphatic rings. The van der Waals surface area contributed by atoms with Crippen LogP contribution in [0, 0.1) is 13.8 Å². The molecule has 0 N–H and O–H groups in total. The Balaban J connectivity index is 1.73. The molecule has 0 radical (unpaired) electrons. The van der Waals surface area contributed by atoms with Crippen LogP contribution in [-0.4, -0.2) is 32.2 Å². The van der Waals surface area contributed by atoms with Crippen LogP contribution in [0.25, 0.3) is 0 Å². The SMILES string of the molecule is Cc1cc(C)cc(C2CCCN2CCS(=O)(=O)c2ccccc2)c1. The van der Waals surface area contributed by atoms with E-state index in [-0.39, 0.29) is 5.75 Å². The van der Waals surface area contributed by atoms with Gasteiger partial charge >= 0.3 is 0 Å². The van der Waals surface area contributed by atoms with E-state index in [1.807, 2.05) is 6.07 Å². The molecule has 1 unspecified atom stereocenters. The number of sulfone groups is 1. The molecule has 0 aliphatic carbocycles. The fourth-order valence-corrected chi connectivity index (χ4v) is 4.94. The van der Waals surface area contributed by atoms with E-state index < -0.39 is 9.84 Å². The van der Waals surface area contributed by atoms with Gasteiger partial charge in [0.25, 0.3) is 0 Å². The third kappa shape index (κ3) is 3.87. The fraction of sp³-hybridized carbons (Fsp3) is 0.400. The summed E-state index contributed by atoms with van der Waals surface area (Å²) in [7, 11) is -3.21. The maximum absolute atomic E-state index is 12.5. The molecule has 3 nitrogen and oxygen atoms in total. The minimum Gasteiger partial charge on any atom is -0.295 e. The van der Waals surface area contributed by atoms with Crippen molar-refractivity contribution in [1.29, 1.82) is 0 Å². The van der Waals surface area contributed by atoms with Crippen LogP contribution < -0.4 is 0 Å². The van der Waals surface area contributed by atoms with Crippen LogP contribution >= 0.6 is 0 Å². The average molecular weight is 343 g/mol. The number of aryl methyl sites for hydroxylation is 2. The number of rotatable bonds is 5. The number of hydrogen-bond acceptors (Lipinski definition) is 3. The van der Waals surface area contributed by atoms with Crippen molar-refractivity contribution < 1.29 is 8.42 Å². The normalized spacial score (nSPS) is 18.8. The second kappa shape index (κ2) is 7.08. The van der Waals surface area contributed by atoms with Crippen molar-refractivity contribution in [3.8, 4) is 0 Å². The van der Waals surface area contributed by atoms with Gasteiger partial charge in [-0.2, -0.15) is 0 Å². The molecule has 1 aliphatic heterocycles. The molecular formula is C20H25NO2S. The molecule has 0 saturated carbocycles. The Morgan fingerprint density at radius 1 is 1.04 bits per heavy atom. The van der Waals surface area contributed by atoms with Gasteiger partial charge in [0.1, 0.15) is 0 Å². The predicted molar refractivity (Wildman–Crippen MR) is 98.0 cm³/mol. The lowest BCUT2D eigenvalue weighted by Crippen LogP contribution is -2.29. The van der Waals surface area contributed by atoms with Gasteiger partial charge in [-0.25, -0.2) is 8.42 Å². The average Bonchev–Trinajstić information content (AvgIpc) is 3.02. The molecule has 4 heteroatoms. The van der Waals surface area contributed by atoms with Gasteiger partial charge in [0.05, 0.1) is 10.6 Å². The van der Waals surface area contributed by atoms with Gasteiger partial charge in [-0.1, -0.05) is 47.5 Å². The summed E-state index contributed by atoms with van der Waals surface area (Å²) in [4.78, 5) is 2.75. The number of nitrogens with zero attached hydrogens (tertiary/aromatic N) is 1. The van der Waals surface area contributed by atoms with Crippen LogP contribution in [-0.2, 0) is 9.84 Å². The summed E-state index contributed by atoms with van der Waals surface area (Å²) in [6, 6.07) is 15.8. The van der Waals surface area contributed by atoms with Crippen LogP contribution in [0.3, 0.4) is 0 Å². The van der Waals surface area contributed by atoms with Gasteiger partial charge in [-0.3, -0.25) is 4.90 Å². The quantitative estimate of drug-likeness (QED) is 0.826.